The monoisotopic (exact) mass is 335 g/mol. The van der Waals surface area contributed by atoms with Crippen molar-refractivity contribution in [2.75, 3.05) is 17.2 Å². The largest absolute Gasteiger partial charge is 0.334 e. The van der Waals surface area contributed by atoms with Crippen LogP contribution in [0.5, 0.6) is 0 Å². The minimum atomic E-state index is -0.308. The van der Waals surface area contributed by atoms with E-state index < -0.39 is 0 Å². The van der Waals surface area contributed by atoms with E-state index in [0.717, 1.165) is 11.1 Å². The molecule has 2 aromatic carbocycles. The quantitative estimate of drug-likeness (QED) is 0.552. The molecule has 0 saturated heterocycles. The molecule has 0 aliphatic rings. The third-order valence-electron chi connectivity index (χ3n) is 3.29. The van der Waals surface area contributed by atoms with Crippen molar-refractivity contribution in [3.63, 3.8) is 0 Å². The van der Waals surface area contributed by atoms with Crippen molar-refractivity contribution in [3.05, 3.63) is 78.4 Å². The van der Waals surface area contributed by atoms with Crippen LogP contribution in [-0.4, -0.2) is 18.5 Å². The van der Waals surface area contributed by atoms with Gasteiger partial charge in [-0.3, -0.25) is 4.79 Å². The van der Waals surface area contributed by atoms with Crippen LogP contribution in [-0.2, 0) is 4.79 Å². The molecule has 3 N–H and O–H groups in total. The normalized spacial score (nSPS) is 10.3. The summed E-state index contributed by atoms with van der Waals surface area (Å²) in [6, 6.07) is 14.5. The fraction of sp³-hybridized carbons (Fsp3) is 0.100. The zero-order valence-corrected chi connectivity index (χ0v) is 14.1. The first kappa shape index (κ1) is 18.0. The zero-order valence-electron chi connectivity index (χ0n) is 14.1. The van der Waals surface area contributed by atoms with Crippen LogP contribution in [0.3, 0.4) is 0 Å². The van der Waals surface area contributed by atoms with E-state index in [0.29, 0.717) is 17.9 Å². The topological polar surface area (TPSA) is 70.2 Å². The van der Waals surface area contributed by atoms with Crippen molar-refractivity contribution in [2.45, 2.75) is 6.92 Å². The number of rotatable bonds is 6. The maximum absolute atomic E-state index is 12.0. The lowest BCUT2D eigenvalue weighted by molar-refractivity contribution is -0.111. The molecule has 0 aromatic heterocycles. The van der Waals surface area contributed by atoms with Gasteiger partial charge in [0.15, 0.2) is 0 Å². The highest BCUT2D eigenvalue weighted by molar-refractivity contribution is 6.02. The van der Waals surface area contributed by atoms with Crippen molar-refractivity contribution >= 4 is 29.4 Å². The number of urea groups is 1. The molecule has 0 saturated carbocycles. The fourth-order valence-corrected chi connectivity index (χ4v) is 2.11. The molecule has 2 rings (SSSR count). The van der Waals surface area contributed by atoms with Crippen LogP contribution in [0.4, 0.5) is 16.2 Å². The van der Waals surface area contributed by atoms with E-state index in [1.807, 2.05) is 31.2 Å². The third kappa shape index (κ3) is 6.35. The van der Waals surface area contributed by atoms with Crippen molar-refractivity contribution < 1.29 is 9.59 Å². The van der Waals surface area contributed by atoms with Crippen LogP contribution < -0.4 is 16.0 Å². The Bertz CT molecular complexity index is 780. The Kier molecular flexibility index (Phi) is 6.54. The second-order valence-electron chi connectivity index (χ2n) is 5.44. The van der Waals surface area contributed by atoms with Gasteiger partial charge in [-0.05, 0) is 42.8 Å². The lowest BCUT2D eigenvalue weighted by Crippen LogP contribution is -2.28. The summed E-state index contributed by atoms with van der Waals surface area (Å²) in [5, 5.41) is 8.08. The molecule has 128 valence electrons. The van der Waals surface area contributed by atoms with Crippen molar-refractivity contribution in [1.29, 1.82) is 0 Å². The van der Waals surface area contributed by atoms with Gasteiger partial charge >= 0.3 is 6.03 Å². The Labute approximate surface area is 147 Å². The van der Waals surface area contributed by atoms with Crippen LogP contribution in [0.15, 0.2) is 67.3 Å². The van der Waals surface area contributed by atoms with E-state index >= 15 is 0 Å². The predicted octanol–water partition coefficient (Wildman–Crippen LogP) is 3.95. The summed E-state index contributed by atoms with van der Waals surface area (Å²) in [4.78, 5) is 23.5. The molecule has 25 heavy (non-hydrogen) atoms. The summed E-state index contributed by atoms with van der Waals surface area (Å²) in [6.45, 7) is 5.93. The molecule has 2 aromatic rings. The molecule has 0 aliphatic carbocycles. The summed E-state index contributed by atoms with van der Waals surface area (Å²) in [6.07, 6.45) is 4.86. The standard InChI is InChI=1S/C20H21N3O2/c1-3-13-21-20(25)23-18-10-8-17(9-11-18)22-19(24)12-7-16-6-4-5-15(2)14-16/h3-12,14H,1,13H2,2H3,(H,22,24)(H2,21,23,25)/b12-7+. The first-order valence-electron chi connectivity index (χ1n) is 7.88. The van der Waals surface area contributed by atoms with E-state index in [9.17, 15) is 9.59 Å². The molecule has 0 atom stereocenters. The summed E-state index contributed by atoms with van der Waals surface area (Å²) >= 11 is 0. The fourth-order valence-electron chi connectivity index (χ4n) is 2.11. The van der Waals surface area contributed by atoms with Crippen molar-refractivity contribution in [3.8, 4) is 0 Å². The number of anilines is 2. The molecule has 0 bridgehead atoms. The van der Waals surface area contributed by atoms with Crippen LogP contribution in [0.2, 0.25) is 0 Å². The Morgan fingerprint density at radius 3 is 2.36 bits per heavy atom. The SMILES string of the molecule is C=CCNC(=O)Nc1ccc(NC(=O)/C=C/c2cccc(C)c2)cc1. The number of carbonyl (C=O) groups excluding carboxylic acids is 2. The van der Waals surface area contributed by atoms with Gasteiger partial charge in [-0.25, -0.2) is 4.79 Å². The average Bonchev–Trinajstić information content (AvgIpc) is 2.60. The molecule has 0 aliphatic heterocycles. The average molecular weight is 335 g/mol. The van der Waals surface area contributed by atoms with Crippen LogP contribution in [0, 0.1) is 6.92 Å². The minimum Gasteiger partial charge on any atom is -0.334 e. The number of hydrogen-bond acceptors (Lipinski definition) is 2. The molecule has 0 radical (unpaired) electrons. The lowest BCUT2D eigenvalue weighted by atomic mass is 10.1. The van der Waals surface area contributed by atoms with E-state index in [1.54, 1.807) is 36.4 Å². The van der Waals surface area contributed by atoms with E-state index in [2.05, 4.69) is 22.5 Å². The summed E-state index contributed by atoms with van der Waals surface area (Å²) < 4.78 is 0. The highest BCUT2D eigenvalue weighted by Gasteiger charge is 2.01. The minimum absolute atomic E-state index is 0.217. The highest BCUT2D eigenvalue weighted by atomic mass is 16.2. The number of nitrogens with one attached hydrogen (secondary N) is 3. The van der Waals surface area contributed by atoms with Crippen LogP contribution in [0.1, 0.15) is 11.1 Å². The maximum Gasteiger partial charge on any atom is 0.319 e. The van der Waals surface area contributed by atoms with Gasteiger partial charge in [0.05, 0.1) is 0 Å². The Balaban J connectivity index is 1.88. The van der Waals surface area contributed by atoms with E-state index in [1.165, 1.54) is 6.08 Å². The zero-order chi connectivity index (χ0) is 18.1. The smallest absolute Gasteiger partial charge is 0.319 e. The number of aryl methyl sites for hydroxylation is 1. The van der Waals surface area contributed by atoms with Gasteiger partial charge < -0.3 is 16.0 Å². The molecule has 0 fully saturated rings. The van der Waals surface area contributed by atoms with Crippen LogP contribution in [0.25, 0.3) is 6.08 Å². The van der Waals surface area contributed by atoms with Gasteiger partial charge in [-0.2, -0.15) is 0 Å². The molecule has 5 heteroatoms. The Hall–Kier alpha value is -3.34. The first-order valence-corrected chi connectivity index (χ1v) is 7.88. The second kappa shape index (κ2) is 9.08. The summed E-state index contributed by atoms with van der Waals surface area (Å²) in [5.41, 5.74) is 3.40. The number of hydrogen-bond donors (Lipinski definition) is 3. The number of carbonyl (C=O) groups is 2. The van der Waals surface area contributed by atoms with E-state index in [-0.39, 0.29) is 11.9 Å². The van der Waals surface area contributed by atoms with Crippen molar-refractivity contribution in [1.82, 2.24) is 5.32 Å². The number of amides is 3. The Morgan fingerprint density at radius 2 is 1.72 bits per heavy atom. The van der Waals surface area contributed by atoms with E-state index in [4.69, 9.17) is 0 Å². The first-order chi connectivity index (χ1) is 12.1. The maximum atomic E-state index is 12.0. The molecule has 5 nitrogen and oxygen atoms in total. The van der Waals surface area contributed by atoms with Gasteiger partial charge in [0.25, 0.3) is 0 Å². The summed E-state index contributed by atoms with van der Waals surface area (Å²) in [7, 11) is 0. The van der Waals surface area contributed by atoms with Crippen molar-refractivity contribution in [2.24, 2.45) is 0 Å². The van der Waals surface area contributed by atoms with Gasteiger partial charge in [0.2, 0.25) is 5.91 Å². The molecule has 0 spiro atoms. The Morgan fingerprint density at radius 1 is 1.04 bits per heavy atom. The molecule has 0 heterocycles. The van der Waals surface area contributed by atoms with Crippen LogP contribution >= 0.6 is 0 Å². The van der Waals surface area contributed by atoms with Gasteiger partial charge in [-0.1, -0.05) is 35.9 Å². The third-order valence-corrected chi connectivity index (χ3v) is 3.29. The number of benzene rings is 2. The predicted molar refractivity (Wildman–Crippen MR) is 103 cm³/mol. The second-order valence-corrected chi connectivity index (χ2v) is 5.44. The van der Waals surface area contributed by atoms with Gasteiger partial charge in [0, 0.05) is 24.0 Å². The van der Waals surface area contributed by atoms with Gasteiger partial charge in [-0.15, -0.1) is 6.58 Å². The molecular formula is C20H21N3O2. The molecular weight excluding hydrogens is 314 g/mol. The lowest BCUT2D eigenvalue weighted by Gasteiger charge is -2.07. The summed E-state index contributed by atoms with van der Waals surface area (Å²) in [5.74, 6) is -0.217. The molecule has 0 unspecified atom stereocenters. The molecule has 3 amide bonds. The van der Waals surface area contributed by atoms with Gasteiger partial charge in [0.1, 0.15) is 0 Å². The highest BCUT2D eigenvalue weighted by Crippen LogP contribution is 2.14.